The quantitative estimate of drug-likeness (QED) is 0.607. The lowest BCUT2D eigenvalue weighted by molar-refractivity contribution is 0.0952. The number of aromatic nitrogens is 2. The predicted molar refractivity (Wildman–Crippen MR) is 69.0 cm³/mol. The molecule has 6 heteroatoms. The third-order valence-electron chi connectivity index (χ3n) is 2.60. The number of benzene rings is 1. The molecule has 0 aliphatic rings. The van der Waals surface area contributed by atoms with Crippen LogP contribution in [-0.2, 0) is 6.42 Å². The Balaban J connectivity index is 1.80. The lowest BCUT2D eigenvalue weighted by Crippen LogP contribution is -2.24. The summed E-state index contributed by atoms with van der Waals surface area (Å²) >= 11 is 0. The van der Waals surface area contributed by atoms with Gasteiger partial charge in [-0.15, -0.1) is 0 Å². The van der Waals surface area contributed by atoms with Crippen LogP contribution in [0.3, 0.4) is 0 Å². The van der Waals surface area contributed by atoms with Crippen molar-refractivity contribution in [2.45, 2.75) is 12.8 Å². The van der Waals surface area contributed by atoms with Crippen LogP contribution in [0.25, 0.3) is 0 Å². The van der Waals surface area contributed by atoms with Gasteiger partial charge in [0.2, 0.25) is 0 Å². The van der Waals surface area contributed by atoms with Gasteiger partial charge in [0.1, 0.15) is 17.3 Å². The van der Waals surface area contributed by atoms with Crippen molar-refractivity contribution >= 4 is 5.91 Å². The molecule has 2 aromatic rings. The van der Waals surface area contributed by atoms with E-state index in [0.717, 1.165) is 18.7 Å². The summed E-state index contributed by atoms with van der Waals surface area (Å²) in [6.45, 7) is 0.496. The first-order valence-corrected chi connectivity index (χ1v) is 5.94. The average molecular weight is 261 g/mol. The van der Waals surface area contributed by atoms with E-state index in [9.17, 15) is 15.0 Å². The minimum absolute atomic E-state index is 0.138. The van der Waals surface area contributed by atoms with Gasteiger partial charge in [-0.3, -0.25) is 4.79 Å². The van der Waals surface area contributed by atoms with Crippen molar-refractivity contribution in [2.75, 3.05) is 6.54 Å². The number of nitrogens with one attached hydrogen (secondary N) is 2. The number of aromatic hydroxyl groups is 2. The molecule has 4 N–H and O–H groups in total. The van der Waals surface area contributed by atoms with Crippen LogP contribution in [-0.4, -0.2) is 32.6 Å². The highest BCUT2D eigenvalue weighted by molar-refractivity contribution is 5.95. The van der Waals surface area contributed by atoms with Gasteiger partial charge in [0, 0.05) is 37.0 Å². The van der Waals surface area contributed by atoms with Crippen LogP contribution in [0, 0.1) is 0 Å². The minimum atomic E-state index is -0.328. The number of aromatic amines is 1. The molecule has 6 nitrogen and oxygen atoms in total. The Labute approximate surface area is 110 Å². The van der Waals surface area contributed by atoms with Crippen molar-refractivity contribution in [1.29, 1.82) is 0 Å². The molecular weight excluding hydrogens is 246 g/mol. The predicted octanol–water partition coefficient (Wildman–Crippen LogP) is 1.18. The summed E-state index contributed by atoms with van der Waals surface area (Å²) in [7, 11) is 0. The first kappa shape index (κ1) is 12.9. The lowest BCUT2D eigenvalue weighted by atomic mass is 10.2. The highest BCUT2D eigenvalue weighted by Gasteiger charge is 2.07. The molecule has 0 aliphatic heterocycles. The minimum Gasteiger partial charge on any atom is -0.508 e. The van der Waals surface area contributed by atoms with E-state index >= 15 is 0 Å². The molecule has 0 radical (unpaired) electrons. The second kappa shape index (κ2) is 5.90. The van der Waals surface area contributed by atoms with Gasteiger partial charge in [-0.05, 0) is 18.6 Å². The molecule has 0 saturated carbocycles. The summed E-state index contributed by atoms with van der Waals surface area (Å²) in [5, 5.41) is 21.3. The van der Waals surface area contributed by atoms with E-state index in [1.54, 1.807) is 12.4 Å². The van der Waals surface area contributed by atoms with Gasteiger partial charge >= 0.3 is 0 Å². The van der Waals surface area contributed by atoms with Crippen LogP contribution in [0.2, 0.25) is 0 Å². The highest BCUT2D eigenvalue weighted by atomic mass is 16.3. The molecule has 0 saturated heterocycles. The molecule has 0 aliphatic carbocycles. The number of phenols is 2. The number of phenolic OH excluding ortho intramolecular Hbond substituents is 2. The summed E-state index contributed by atoms with van der Waals surface area (Å²) in [6, 6.07) is 3.79. The number of hydrogen-bond acceptors (Lipinski definition) is 4. The molecule has 1 aromatic heterocycles. The molecule has 0 spiro atoms. The maximum Gasteiger partial charge on any atom is 0.251 e. The molecule has 0 unspecified atom stereocenters. The molecule has 19 heavy (non-hydrogen) atoms. The van der Waals surface area contributed by atoms with Gasteiger partial charge < -0.3 is 20.5 Å². The van der Waals surface area contributed by atoms with Crippen molar-refractivity contribution in [3.63, 3.8) is 0 Å². The van der Waals surface area contributed by atoms with Crippen molar-refractivity contribution in [1.82, 2.24) is 15.3 Å². The number of imidazole rings is 1. The molecule has 1 aromatic carbocycles. The number of amides is 1. The fourth-order valence-electron chi connectivity index (χ4n) is 1.72. The maximum absolute atomic E-state index is 11.8. The van der Waals surface area contributed by atoms with Crippen molar-refractivity contribution < 1.29 is 15.0 Å². The second-order valence-corrected chi connectivity index (χ2v) is 4.13. The van der Waals surface area contributed by atoms with E-state index in [1.165, 1.54) is 18.2 Å². The van der Waals surface area contributed by atoms with Crippen LogP contribution in [0.15, 0.2) is 30.6 Å². The molecule has 1 heterocycles. The Morgan fingerprint density at radius 3 is 2.63 bits per heavy atom. The topological polar surface area (TPSA) is 98.2 Å². The van der Waals surface area contributed by atoms with Crippen LogP contribution in [0.1, 0.15) is 22.6 Å². The van der Waals surface area contributed by atoms with Gasteiger partial charge in [-0.1, -0.05) is 0 Å². The molecule has 2 rings (SSSR count). The summed E-state index contributed by atoms with van der Waals surface area (Å²) in [4.78, 5) is 18.8. The standard InChI is InChI=1S/C13H15N3O3/c17-10-6-9(7-11(18)8-10)13(19)16-3-1-2-12-14-4-5-15-12/h4-8,17-18H,1-3H2,(H,14,15)(H,16,19). The smallest absolute Gasteiger partial charge is 0.251 e. The van der Waals surface area contributed by atoms with E-state index < -0.39 is 0 Å². The number of rotatable bonds is 5. The SMILES string of the molecule is O=C(NCCCc1ncc[nH]1)c1cc(O)cc(O)c1. The number of carbonyl (C=O) groups is 1. The number of aryl methyl sites for hydroxylation is 1. The third-order valence-corrected chi connectivity index (χ3v) is 2.60. The van der Waals surface area contributed by atoms with Crippen LogP contribution in [0.4, 0.5) is 0 Å². The summed E-state index contributed by atoms with van der Waals surface area (Å²) in [5.74, 6) is 0.274. The third kappa shape index (κ3) is 3.74. The van der Waals surface area contributed by atoms with E-state index in [2.05, 4.69) is 15.3 Å². The van der Waals surface area contributed by atoms with Gasteiger partial charge in [0.25, 0.3) is 5.91 Å². The number of hydrogen-bond donors (Lipinski definition) is 4. The van der Waals surface area contributed by atoms with Crippen molar-refractivity contribution in [3.05, 3.63) is 42.0 Å². The van der Waals surface area contributed by atoms with Crippen molar-refractivity contribution in [3.8, 4) is 11.5 Å². The zero-order valence-corrected chi connectivity index (χ0v) is 10.3. The van der Waals surface area contributed by atoms with Gasteiger partial charge in [0.05, 0.1) is 0 Å². The maximum atomic E-state index is 11.8. The zero-order chi connectivity index (χ0) is 13.7. The fraction of sp³-hybridized carbons (Fsp3) is 0.231. The van der Waals surface area contributed by atoms with E-state index in [0.29, 0.717) is 6.54 Å². The molecule has 0 bridgehead atoms. The van der Waals surface area contributed by atoms with Crippen LogP contribution < -0.4 is 5.32 Å². The zero-order valence-electron chi connectivity index (χ0n) is 10.3. The fourth-order valence-corrected chi connectivity index (χ4v) is 1.72. The lowest BCUT2D eigenvalue weighted by Gasteiger charge is -2.05. The Morgan fingerprint density at radius 2 is 2.00 bits per heavy atom. The van der Waals surface area contributed by atoms with Gasteiger partial charge in [0.15, 0.2) is 0 Å². The molecular formula is C13H15N3O3. The largest absolute Gasteiger partial charge is 0.508 e. The number of nitrogens with zero attached hydrogens (tertiary/aromatic N) is 1. The van der Waals surface area contributed by atoms with E-state index in [1.807, 2.05) is 0 Å². The summed E-state index contributed by atoms with van der Waals surface area (Å²) in [5.41, 5.74) is 0.232. The molecule has 100 valence electrons. The normalized spacial score (nSPS) is 10.3. The van der Waals surface area contributed by atoms with Crippen LogP contribution >= 0.6 is 0 Å². The van der Waals surface area contributed by atoms with Gasteiger partial charge in [-0.25, -0.2) is 4.98 Å². The highest BCUT2D eigenvalue weighted by Crippen LogP contribution is 2.20. The Hall–Kier alpha value is -2.50. The summed E-state index contributed by atoms with van der Waals surface area (Å²) < 4.78 is 0. The number of carbonyl (C=O) groups excluding carboxylic acids is 1. The number of H-pyrrole nitrogens is 1. The Kier molecular flexibility index (Phi) is 4.02. The molecule has 0 fully saturated rings. The summed E-state index contributed by atoms with van der Waals surface area (Å²) in [6.07, 6.45) is 4.94. The Bertz CT molecular complexity index is 532. The monoisotopic (exact) mass is 261 g/mol. The van der Waals surface area contributed by atoms with E-state index in [4.69, 9.17) is 0 Å². The first-order valence-electron chi connectivity index (χ1n) is 5.94. The Morgan fingerprint density at radius 1 is 1.26 bits per heavy atom. The first-order chi connectivity index (χ1) is 9.15. The van der Waals surface area contributed by atoms with Gasteiger partial charge in [-0.2, -0.15) is 0 Å². The molecule has 0 atom stereocenters. The molecule has 1 amide bonds. The average Bonchev–Trinajstić information content (AvgIpc) is 2.86. The van der Waals surface area contributed by atoms with E-state index in [-0.39, 0.29) is 23.0 Å². The second-order valence-electron chi connectivity index (χ2n) is 4.13. The van der Waals surface area contributed by atoms with Crippen LogP contribution in [0.5, 0.6) is 11.5 Å². The van der Waals surface area contributed by atoms with Crippen molar-refractivity contribution in [2.24, 2.45) is 0 Å².